The molecule has 0 unspecified atom stereocenters. The molecule has 1 heterocycles. The van der Waals surface area contributed by atoms with Gasteiger partial charge in [-0.1, -0.05) is 62.4 Å². The van der Waals surface area contributed by atoms with Gasteiger partial charge < -0.3 is 15.1 Å². The molecular weight excluding hydrogens is 386 g/mol. The first-order chi connectivity index (χ1) is 15.0. The number of nitrogens with one attached hydrogen (secondary N) is 1. The lowest BCUT2D eigenvalue weighted by Gasteiger charge is -2.33. The van der Waals surface area contributed by atoms with E-state index in [9.17, 15) is 9.59 Å². The number of carbonyl (C=O) groups excluding carboxylic acids is 2. The van der Waals surface area contributed by atoms with Crippen molar-refractivity contribution >= 4 is 17.6 Å². The zero-order chi connectivity index (χ0) is 22.1. The monoisotopic (exact) mass is 421 g/mol. The van der Waals surface area contributed by atoms with E-state index in [0.717, 1.165) is 38.0 Å². The SMILES string of the molecule is CC(C)CN(CCC(=O)N1CCC(Cc2ccccc2)CC1)C(=O)Nc1ccccc1. The van der Waals surface area contributed by atoms with E-state index >= 15 is 0 Å². The third-order valence-electron chi connectivity index (χ3n) is 5.83. The fourth-order valence-electron chi connectivity index (χ4n) is 4.16. The van der Waals surface area contributed by atoms with Gasteiger partial charge in [-0.2, -0.15) is 0 Å². The van der Waals surface area contributed by atoms with Gasteiger partial charge in [-0.15, -0.1) is 0 Å². The number of nitrogens with zero attached hydrogens (tertiary/aromatic N) is 2. The topological polar surface area (TPSA) is 52.7 Å². The van der Waals surface area contributed by atoms with Crippen LogP contribution in [0.25, 0.3) is 0 Å². The van der Waals surface area contributed by atoms with E-state index < -0.39 is 0 Å². The summed E-state index contributed by atoms with van der Waals surface area (Å²) in [6, 6.07) is 19.9. The molecule has 0 spiro atoms. The average Bonchev–Trinajstić information content (AvgIpc) is 2.78. The summed E-state index contributed by atoms with van der Waals surface area (Å²) >= 11 is 0. The van der Waals surface area contributed by atoms with Crippen molar-refractivity contribution in [2.24, 2.45) is 11.8 Å². The first kappa shape index (κ1) is 22.9. The number of hydrogen-bond acceptors (Lipinski definition) is 2. The third-order valence-corrected chi connectivity index (χ3v) is 5.83. The molecule has 1 fully saturated rings. The van der Waals surface area contributed by atoms with Gasteiger partial charge in [-0.3, -0.25) is 4.79 Å². The predicted octanol–water partition coefficient (Wildman–Crippen LogP) is 5.05. The van der Waals surface area contributed by atoms with Gasteiger partial charge in [-0.05, 0) is 48.8 Å². The van der Waals surface area contributed by atoms with Crippen molar-refractivity contribution in [2.45, 2.75) is 39.5 Å². The maximum atomic E-state index is 12.8. The summed E-state index contributed by atoms with van der Waals surface area (Å²) in [6.07, 6.45) is 3.55. The van der Waals surface area contributed by atoms with Crippen LogP contribution in [0.2, 0.25) is 0 Å². The Kier molecular flexibility index (Phi) is 8.51. The smallest absolute Gasteiger partial charge is 0.321 e. The van der Waals surface area contributed by atoms with Gasteiger partial charge in [0.1, 0.15) is 0 Å². The molecule has 0 saturated carbocycles. The van der Waals surface area contributed by atoms with Crippen LogP contribution >= 0.6 is 0 Å². The van der Waals surface area contributed by atoms with Crippen molar-refractivity contribution in [2.75, 3.05) is 31.5 Å². The molecule has 1 N–H and O–H groups in total. The molecule has 0 atom stereocenters. The molecule has 0 aromatic heterocycles. The number of rotatable bonds is 8. The first-order valence-electron chi connectivity index (χ1n) is 11.4. The zero-order valence-corrected chi connectivity index (χ0v) is 18.8. The second kappa shape index (κ2) is 11.5. The molecular formula is C26H35N3O2. The fourth-order valence-corrected chi connectivity index (χ4v) is 4.16. The second-order valence-corrected chi connectivity index (χ2v) is 8.90. The lowest BCUT2D eigenvalue weighted by Crippen LogP contribution is -2.43. The lowest BCUT2D eigenvalue weighted by molar-refractivity contribution is -0.132. The van der Waals surface area contributed by atoms with Crippen LogP contribution in [0.5, 0.6) is 0 Å². The average molecular weight is 422 g/mol. The van der Waals surface area contributed by atoms with E-state index in [1.165, 1.54) is 5.56 Å². The van der Waals surface area contributed by atoms with Gasteiger partial charge in [0.25, 0.3) is 0 Å². The molecule has 3 rings (SSSR count). The van der Waals surface area contributed by atoms with Gasteiger partial charge in [0.15, 0.2) is 0 Å². The number of anilines is 1. The number of amides is 3. The second-order valence-electron chi connectivity index (χ2n) is 8.90. The number of hydrogen-bond donors (Lipinski definition) is 1. The molecule has 0 aliphatic carbocycles. The minimum Gasteiger partial charge on any atom is -0.343 e. The third kappa shape index (κ3) is 7.42. The number of benzene rings is 2. The minimum absolute atomic E-state index is 0.144. The highest BCUT2D eigenvalue weighted by Gasteiger charge is 2.24. The van der Waals surface area contributed by atoms with Crippen molar-refractivity contribution in [1.82, 2.24) is 9.80 Å². The number of carbonyl (C=O) groups is 2. The van der Waals surface area contributed by atoms with Crippen molar-refractivity contribution in [3.05, 3.63) is 66.2 Å². The van der Waals surface area contributed by atoms with Crippen LogP contribution in [-0.4, -0.2) is 47.9 Å². The lowest BCUT2D eigenvalue weighted by atomic mass is 9.90. The summed E-state index contributed by atoms with van der Waals surface area (Å²) in [7, 11) is 0. The van der Waals surface area contributed by atoms with Crippen molar-refractivity contribution < 1.29 is 9.59 Å². The van der Waals surface area contributed by atoms with Crippen molar-refractivity contribution in [3.63, 3.8) is 0 Å². The molecule has 0 radical (unpaired) electrons. The molecule has 166 valence electrons. The summed E-state index contributed by atoms with van der Waals surface area (Å²) in [5.74, 6) is 1.13. The van der Waals surface area contributed by atoms with Crippen LogP contribution in [0.4, 0.5) is 10.5 Å². The van der Waals surface area contributed by atoms with Crippen LogP contribution in [-0.2, 0) is 11.2 Å². The number of para-hydroxylation sites is 1. The predicted molar refractivity (Wildman–Crippen MR) is 126 cm³/mol. The Hall–Kier alpha value is -2.82. The Balaban J connectivity index is 1.46. The maximum Gasteiger partial charge on any atom is 0.321 e. The van der Waals surface area contributed by atoms with Crippen molar-refractivity contribution in [1.29, 1.82) is 0 Å². The Labute approximate surface area is 186 Å². The normalized spacial score (nSPS) is 14.5. The molecule has 1 aliphatic rings. The molecule has 5 nitrogen and oxygen atoms in total. The number of piperidine rings is 1. The van der Waals surface area contributed by atoms with Gasteiger partial charge >= 0.3 is 6.03 Å². The van der Waals surface area contributed by atoms with Crippen LogP contribution in [0.1, 0.15) is 38.7 Å². The molecule has 2 aromatic carbocycles. The summed E-state index contributed by atoms with van der Waals surface area (Å²) in [4.78, 5) is 29.3. The van der Waals surface area contributed by atoms with E-state index in [0.29, 0.717) is 31.3 Å². The molecule has 1 aliphatic heterocycles. The Morgan fingerprint density at radius 3 is 2.23 bits per heavy atom. The van der Waals surface area contributed by atoms with Crippen molar-refractivity contribution in [3.8, 4) is 0 Å². The van der Waals surface area contributed by atoms with Crippen LogP contribution < -0.4 is 5.32 Å². The minimum atomic E-state index is -0.144. The summed E-state index contributed by atoms with van der Waals surface area (Å²) in [6.45, 7) is 6.88. The molecule has 0 bridgehead atoms. The summed E-state index contributed by atoms with van der Waals surface area (Å²) in [5.41, 5.74) is 2.15. The van der Waals surface area contributed by atoms with E-state index in [-0.39, 0.29) is 11.9 Å². The van der Waals surface area contributed by atoms with Gasteiger partial charge in [0.2, 0.25) is 5.91 Å². The molecule has 5 heteroatoms. The van der Waals surface area contributed by atoms with Crippen LogP contribution in [0, 0.1) is 11.8 Å². The van der Waals surface area contributed by atoms with Gasteiger partial charge in [0.05, 0.1) is 0 Å². The largest absolute Gasteiger partial charge is 0.343 e. The Morgan fingerprint density at radius 1 is 1.00 bits per heavy atom. The van der Waals surface area contributed by atoms with Gasteiger partial charge in [0, 0.05) is 38.3 Å². The quantitative estimate of drug-likeness (QED) is 0.649. The number of urea groups is 1. The molecule has 3 amide bonds. The summed E-state index contributed by atoms with van der Waals surface area (Å²) < 4.78 is 0. The fraction of sp³-hybridized carbons (Fsp3) is 0.462. The van der Waals surface area contributed by atoms with E-state index in [1.54, 1.807) is 4.90 Å². The standard InChI is InChI=1S/C26H35N3O2/c1-21(2)20-29(26(31)27-24-11-7-4-8-12-24)18-15-25(30)28-16-13-23(14-17-28)19-22-9-5-3-6-10-22/h3-12,21,23H,13-20H2,1-2H3,(H,27,31). The highest BCUT2D eigenvalue weighted by atomic mass is 16.2. The molecule has 2 aromatic rings. The maximum absolute atomic E-state index is 12.8. The van der Waals surface area contributed by atoms with E-state index in [1.807, 2.05) is 41.3 Å². The highest BCUT2D eigenvalue weighted by molar-refractivity contribution is 5.89. The van der Waals surface area contributed by atoms with E-state index in [4.69, 9.17) is 0 Å². The van der Waals surface area contributed by atoms with Crippen LogP contribution in [0.15, 0.2) is 60.7 Å². The zero-order valence-electron chi connectivity index (χ0n) is 18.8. The molecule has 31 heavy (non-hydrogen) atoms. The molecule has 1 saturated heterocycles. The van der Waals surface area contributed by atoms with Gasteiger partial charge in [-0.25, -0.2) is 4.79 Å². The Bertz CT molecular complexity index is 815. The number of likely N-dealkylation sites (tertiary alicyclic amines) is 1. The van der Waals surface area contributed by atoms with E-state index in [2.05, 4.69) is 43.4 Å². The highest BCUT2D eigenvalue weighted by Crippen LogP contribution is 2.22. The Morgan fingerprint density at radius 2 is 1.61 bits per heavy atom. The first-order valence-corrected chi connectivity index (χ1v) is 11.4. The van der Waals surface area contributed by atoms with Crippen LogP contribution in [0.3, 0.4) is 0 Å². The summed E-state index contributed by atoms with van der Waals surface area (Å²) in [5, 5.41) is 2.94.